The second-order valence-corrected chi connectivity index (χ2v) is 9.26. The molecule has 0 aliphatic carbocycles. The average Bonchev–Trinajstić information content (AvgIpc) is 3.58. The van der Waals surface area contributed by atoms with E-state index in [0.29, 0.717) is 16.4 Å². The lowest BCUT2D eigenvalue weighted by molar-refractivity contribution is -0.119. The second-order valence-electron chi connectivity index (χ2n) is 8.87. The molecule has 0 bridgehead atoms. The van der Waals surface area contributed by atoms with Crippen LogP contribution in [0, 0.1) is 0 Å². The Morgan fingerprint density at radius 1 is 1.00 bits per heavy atom. The van der Waals surface area contributed by atoms with Crippen molar-refractivity contribution >= 4 is 40.6 Å². The minimum Gasteiger partial charge on any atom is -0.465 e. The highest BCUT2D eigenvalue weighted by Gasteiger charge is 2.42. The molecule has 0 spiro atoms. The molecule has 2 aromatic carbocycles. The van der Waals surface area contributed by atoms with Crippen molar-refractivity contribution in [3.8, 4) is 5.69 Å². The molecule has 2 N–H and O–H groups in total. The van der Waals surface area contributed by atoms with Crippen LogP contribution in [0.2, 0.25) is 0 Å². The Bertz CT molecular complexity index is 1490. The molecule has 4 aromatic rings. The summed E-state index contributed by atoms with van der Waals surface area (Å²) in [5.74, 6) is -0.636. The van der Waals surface area contributed by atoms with E-state index in [1.54, 1.807) is 18.3 Å². The number of amides is 1. The first-order valence-electron chi connectivity index (χ1n) is 12.3. The van der Waals surface area contributed by atoms with E-state index in [0.717, 1.165) is 22.8 Å². The van der Waals surface area contributed by atoms with Crippen molar-refractivity contribution in [1.82, 2.24) is 14.9 Å². The molecule has 39 heavy (non-hydrogen) atoms. The monoisotopic (exact) mass is 541 g/mol. The average molecular weight is 542 g/mol. The van der Waals surface area contributed by atoms with Crippen molar-refractivity contribution in [3.63, 3.8) is 0 Å². The van der Waals surface area contributed by atoms with E-state index < -0.39 is 5.97 Å². The van der Waals surface area contributed by atoms with Crippen LogP contribution >= 0.6 is 12.2 Å². The highest BCUT2D eigenvalue weighted by molar-refractivity contribution is 7.80. The van der Waals surface area contributed by atoms with Gasteiger partial charge in [0.15, 0.2) is 5.11 Å². The van der Waals surface area contributed by atoms with Crippen LogP contribution in [0.15, 0.2) is 91.3 Å². The molecular formula is C29H27N5O4S. The Kier molecular flexibility index (Phi) is 7.67. The van der Waals surface area contributed by atoms with Crippen LogP contribution in [0.25, 0.3) is 5.69 Å². The number of ether oxygens (including phenoxy) is 2. The number of thiocarbonyl (C=S) groups is 1. The SMILES string of the molecule is COCC(=O)Nc1ccc(N2C(=S)N[C@H](c3ccccn3)[C@@H]2c2cccn2-c2cccc(C(=O)OC)c2)cc1. The zero-order chi connectivity index (χ0) is 27.4. The third-order valence-corrected chi connectivity index (χ3v) is 6.75. The van der Waals surface area contributed by atoms with Gasteiger partial charge < -0.3 is 29.6 Å². The molecule has 1 aliphatic heterocycles. The summed E-state index contributed by atoms with van der Waals surface area (Å²) in [6.07, 6.45) is 3.71. The summed E-state index contributed by atoms with van der Waals surface area (Å²) in [7, 11) is 2.84. The van der Waals surface area contributed by atoms with Gasteiger partial charge in [-0.25, -0.2) is 4.79 Å². The summed E-state index contributed by atoms with van der Waals surface area (Å²) in [5, 5.41) is 6.82. The van der Waals surface area contributed by atoms with E-state index in [2.05, 4.69) is 15.6 Å². The topological polar surface area (TPSA) is 97.7 Å². The molecule has 1 aliphatic rings. The number of hydrogen-bond donors (Lipinski definition) is 2. The minimum atomic E-state index is -0.403. The lowest BCUT2D eigenvalue weighted by Crippen LogP contribution is -2.30. The highest BCUT2D eigenvalue weighted by Crippen LogP contribution is 2.42. The van der Waals surface area contributed by atoms with Gasteiger partial charge in [0.25, 0.3) is 0 Å². The van der Waals surface area contributed by atoms with Crippen molar-refractivity contribution < 1.29 is 19.1 Å². The maximum Gasteiger partial charge on any atom is 0.337 e. The summed E-state index contributed by atoms with van der Waals surface area (Å²) in [5.41, 5.74) is 4.55. The van der Waals surface area contributed by atoms with Crippen LogP contribution in [-0.2, 0) is 14.3 Å². The lowest BCUT2D eigenvalue weighted by atomic mass is 10.0. The fourth-order valence-electron chi connectivity index (χ4n) is 4.74. The van der Waals surface area contributed by atoms with Gasteiger partial charge in [-0.15, -0.1) is 0 Å². The van der Waals surface area contributed by atoms with Crippen LogP contribution < -0.4 is 15.5 Å². The van der Waals surface area contributed by atoms with Gasteiger partial charge in [0.05, 0.1) is 24.4 Å². The van der Waals surface area contributed by atoms with Crippen molar-refractivity contribution in [2.24, 2.45) is 0 Å². The molecule has 10 heteroatoms. The van der Waals surface area contributed by atoms with E-state index in [1.807, 2.05) is 82.4 Å². The zero-order valence-corrected chi connectivity index (χ0v) is 22.2. The van der Waals surface area contributed by atoms with E-state index in [4.69, 9.17) is 21.7 Å². The predicted octanol–water partition coefficient (Wildman–Crippen LogP) is 4.42. The number of aromatic nitrogens is 2. The van der Waals surface area contributed by atoms with Crippen LogP contribution in [0.3, 0.4) is 0 Å². The molecule has 1 saturated heterocycles. The van der Waals surface area contributed by atoms with Crippen molar-refractivity contribution in [1.29, 1.82) is 0 Å². The van der Waals surface area contributed by atoms with Gasteiger partial charge in [-0.1, -0.05) is 12.1 Å². The van der Waals surface area contributed by atoms with Crippen molar-refractivity contribution in [3.05, 3.63) is 108 Å². The van der Waals surface area contributed by atoms with E-state index >= 15 is 0 Å². The molecule has 2 atom stereocenters. The number of benzene rings is 2. The minimum absolute atomic E-state index is 0.0239. The number of esters is 1. The van der Waals surface area contributed by atoms with Crippen LogP contribution in [0.4, 0.5) is 11.4 Å². The molecule has 198 valence electrons. The maximum absolute atomic E-state index is 12.2. The van der Waals surface area contributed by atoms with Gasteiger partial charge in [0, 0.05) is 42.3 Å². The summed E-state index contributed by atoms with van der Waals surface area (Å²) in [4.78, 5) is 30.8. The lowest BCUT2D eigenvalue weighted by Gasteiger charge is -2.29. The first-order chi connectivity index (χ1) is 19.0. The molecule has 0 unspecified atom stereocenters. The molecule has 9 nitrogen and oxygen atoms in total. The largest absolute Gasteiger partial charge is 0.465 e. The second kappa shape index (κ2) is 11.5. The van der Waals surface area contributed by atoms with Gasteiger partial charge in [-0.3, -0.25) is 9.78 Å². The van der Waals surface area contributed by atoms with Crippen molar-refractivity contribution in [2.45, 2.75) is 12.1 Å². The Labute approximate surface area is 231 Å². The molecule has 0 radical (unpaired) electrons. The first kappa shape index (κ1) is 26.1. The fraction of sp³-hybridized carbons (Fsp3) is 0.172. The highest BCUT2D eigenvalue weighted by atomic mass is 32.1. The number of anilines is 2. The molecule has 1 fully saturated rings. The normalized spacial score (nSPS) is 16.6. The van der Waals surface area contributed by atoms with Gasteiger partial charge in [-0.2, -0.15) is 0 Å². The van der Waals surface area contributed by atoms with Gasteiger partial charge in [0.2, 0.25) is 5.91 Å². The van der Waals surface area contributed by atoms with Crippen LogP contribution in [-0.4, -0.2) is 47.4 Å². The number of hydrogen-bond acceptors (Lipinski definition) is 6. The predicted molar refractivity (Wildman–Crippen MR) is 152 cm³/mol. The molecule has 5 rings (SSSR count). The number of rotatable bonds is 8. The van der Waals surface area contributed by atoms with Gasteiger partial charge >= 0.3 is 5.97 Å². The first-order valence-corrected chi connectivity index (χ1v) is 12.7. The number of carbonyl (C=O) groups is 2. The fourth-order valence-corrected chi connectivity index (χ4v) is 5.08. The van der Waals surface area contributed by atoms with Crippen molar-refractivity contribution in [2.75, 3.05) is 31.0 Å². The Morgan fingerprint density at radius 3 is 2.54 bits per heavy atom. The standard InChI is InChI=1S/C29H27N5O4S/c1-37-18-25(35)31-20-11-13-21(14-12-20)34-27(26(32-29(34)39)23-9-3-4-15-30-23)24-10-6-16-33(24)22-8-5-7-19(17-22)28(36)38-2/h3-17,26-27H,18H2,1-2H3,(H,31,35)(H,32,39)/t26-,27+/m1/s1. The number of nitrogens with zero attached hydrogens (tertiary/aromatic N) is 3. The Morgan fingerprint density at radius 2 is 1.82 bits per heavy atom. The maximum atomic E-state index is 12.2. The zero-order valence-electron chi connectivity index (χ0n) is 21.4. The van der Waals surface area contributed by atoms with E-state index in [9.17, 15) is 9.59 Å². The number of methoxy groups -OCH3 is 2. The summed E-state index contributed by atoms with van der Waals surface area (Å²) in [6.45, 7) is -0.0239. The van der Waals surface area contributed by atoms with Gasteiger partial charge in [0.1, 0.15) is 12.6 Å². The quantitative estimate of drug-likeness (QED) is 0.250. The Hall–Kier alpha value is -4.54. The number of pyridine rings is 1. The summed E-state index contributed by atoms with van der Waals surface area (Å²) in [6, 6.07) is 24.0. The third-order valence-electron chi connectivity index (χ3n) is 6.43. The summed E-state index contributed by atoms with van der Waals surface area (Å²) >= 11 is 5.85. The molecule has 1 amide bonds. The van der Waals surface area contributed by atoms with Crippen LogP contribution in [0.1, 0.15) is 33.8 Å². The molecular weight excluding hydrogens is 514 g/mol. The smallest absolute Gasteiger partial charge is 0.337 e. The summed E-state index contributed by atoms with van der Waals surface area (Å²) < 4.78 is 11.9. The molecule has 3 heterocycles. The van der Waals surface area contributed by atoms with Gasteiger partial charge in [-0.05, 0) is 78.9 Å². The van der Waals surface area contributed by atoms with E-state index in [1.165, 1.54) is 14.2 Å². The number of carbonyl (C=O) groups excluding carboxylic acids is 2. The third kappa shape index (κ3) is 5.38. The molecule has 0 saturated carbocycles. The molecule has 2 aromatic heterocycles. The number of nitrogens with one attached hydrogen (secondary N) is 2. The van der Waals surface area contributed by atoms with Crippen LogP contribution in [0.5, 0.6) is 0 Å². The van der Waals surface area contributed by atoms with E-state index in [-0.39, 0.29) is 24.6 Å². The Balaban J connectivity index is 1.56.